The molecule has 0 spiro atoms. The fraction of sp³-hybridized carbons (Fsp3) is 0.429. The number of rotatable bonds is 3. The van der Waals surface area contributed by atoms with Gasteiger partial charge in [-0.3, -0.25) is 4.79 Å². The molecule has 5 nitrogen and oxygen atoms in total. The van der Waals surface area contributed by atoms with Crippen LogP contribution in [0.25, 0.3) is 0 Å². The van der Waals surface area contributed by atoms with Crippen molar-refractivity contribution in [1.29, 1.82) is 0 Å². The van der Waals surface area contributed by atoms with Crippen LogP contribution in [0.3, 0.4) is 0 Å². The van der Waals surface area contributed by atoms with Crippen molar-refractivity contribution in [3.05, 3.63) is 29.6 Å². The first-order valence-electron chi connectivity index (χ1n) is 6.58. The number of carbonyl (C=O) groups is 2. The number of anilines is 1. The summed E-state index contributed by atoms with van der Waals surface area (Å²) in [6, 6.07) is 3.45. The van der Waals surface area contributed by atoms with E-state index >= 15 is 0 Å². The predicted octanol–water partition coefficient (Wildman–Crippen LogP) is 1.58. The first-order valence-corrected chi connectivity index (χ1v) is 6.58. The highest BCUT2D eigenvalue weighted by atomic mass is 19.1. The second kappa shape index (κ2) is 6.36. The minimum Gasteiger partial charge on any atom is -0.452 e. The standard InChI is InChI=1S/C14H17FN2O3/c15-10-4-5-12(16)11(8-10)14(19)20-9-13(18)17-6-2-1-3-7-17/h4-5,8H,1-3,6-7,9,16H2. The molecule has 2 N–H and O–H groups in total. The first kappa shape index (κ1) is 14.3. The zero-order valence-corrected chi connectivity index (χ0v) is 11.1. The minimum absolute atomic E-state index is 0.0588. The largest absolute Gasteiger partial charge is 0.452 e. The van der Waals surface area contributed by atoms with E-state index in [9.17, 15) is 14.0 Å². The Hall–Kier alpha value is -2.11. The summed E-state index contributed by atoms with van der Waals surface area (Å²) >= 11 is 0. The highest BCUT2D eigenvalue weighted by molar-refractivity contribution is 5.96. The number of nitrogens with zero attached hydrogens (tertiary/aromatic N) is 1. The van der Waals surface area contributed by atoms with Crippen LogP contribution in [-0.2, 0) is 9.53 Å². The fourth-order valence-corrected chi connectivity index (χ4v) is 2.14. The molecular formula is C14H17FN2O3. The molecule has 1 aromatic rings. The molecule has 2 rings (SSSR count). The second-order valence-corrected chi connectivity index (χ2v) is 4.75. The van der Waals surface area contributed by atoms with Gasteiger partial charge in [-0.05, 0) is 37.5 Å². The molecule has 1 aromatic carbocycles. The van der Waals surface area contributed by atoms with Gasteiger partial charge in [0.15, 0.2) is 6.61 Å². The number of nitrogen functional groups attached to an aromatic ring is 1. The molecule has 0 aliphatic carbocycles. The molecule has 0 bridgehead atoms. The van der Waals surface area contributed by atoms with Crippen molar-refractivity contribution in [2.45, 2.75) is 19.3 Å². The van der Waals surface area contributed by atoms with Gasteiger partial charge in [0.25, 0.3) is 5.91 Å². The predicted molar refractivity (Wildman–Crippen MR) is 71.5 cm³/mol. The van der Waals surface area contributed by atoms with Crippen LogP contribution >= 0.6 is 0 Å². The van der Waals surface area contributed by atoms with E-state index in [2.05, 4.69) is 0 Å². The molecule has 108 valence electrons. The molecule has 0 atom stereocenters. The Bertz CT molecular complexity index is 513. The second-order valence-electron chi connectivity index (χ2n) is 4.75. The molecule has 1 saturated heterocycles. The van der Waals surface area contributed by atoms with Gasteiger partial charge >= 0.3 is 5.97 Å². The smallest absolute Gasteiger partial charge is 0.340 e. The third-order valence-corrected chi connectivity index (χ3v) is 3.27. The summed E-state index contributed by atoms with van der Waals surface area (Å²) in [4.78, 5) is 25.3. The van der Waals surface area contributed by atoms with Gasteiger partial charge < -0.3 is 15.4 Å². The Morgan fingerprint density at radius 2 is 1.95 bits per heavy atom. The normalized spacial score (nSPS) is 14.9. The highest BCUT2D eigenvalue weighted by Gasteiger charge is 2.19. The summed E-state index contributed by atoms with van der Waals surface area (Å²) in [6.07, 6.45) is 3.05. The Balaban J connectivity index is 1.91. The molecule has 1 aliphatic heterocycles. The Morgan fingerprint density at radius 3 is 2.65 bits per heavy atom. The zero-order chi connectivity index (χ0) is 14.5. The van der Waals surface area contributed by atoms with Gasteiger partial charge in [0, 0.05) is 18.8 Å². The van der Waals surface area contributed by atoms with Crippen molar-refractivity contribution in [3.63, 3.8) is 0 Å². The van der Waals surface area contributed by atoms with Crippen molar-refractivity contribution in [1.82, 2.24) is 4.90 Å². The maximum absolute atomic E-state index is 13.1. The first-order chi connectivity index (χ1) is 9.58. The number of nitrogens with two attached hydrogens (primary N) is 1. The van der Waals surface area contributed by atoms with E-state index in [4.69, 9.17) is 10.5 Å². The van der Waals surface area contributed by atoms with Crippen molar-refractivity contribution in [2.24, 2.45) is 0 Å². The number of piperidine rings is 1. The number of hydrogen-bond donors (Lipinski definition) is 1. The number of benzene rings is 1. The van der Waals surface area contributed by atoms with Crippen LogP contribution in [0.15, 0.2) is 18.2 Å². The average molecular weight is 280 g/mol. The minimum atomic E-state index is -0.785. The molecule has 6 heteroatoms. The van der Waals surface area contributed by atoms with Crippen LogP contribution in [0.4, 0.5) is 10.1 Å². The third-order valence-electron chi connectivity index (χ3n) is 3.27. The lowest BCUT2D eigenvalue weighted by atomic mass is 10.1. The Morgan fingerprint density at radius 1 is 1.25 bits per heavy atom. The van der Waals surface area contributed by atoms with E-state index in [-0.39, 0.29) is 23.8 Å². The van der Waals surface area contributed by atoms with Crippen molar-refractivity contribution in [3.8, 4) is 0 Å². The van der Waals surface area contributed by atoms with Gasteiger partial charge in [-0.2, -0.15) is 0 Å². The number of amides is 1. The third kappa shape index (κ3) is 3.46. The maximum atomic E-state index is 13.1. The number of hydrogen-bond acceptors (Lipinski definition) is 4. The van der Waals surface area contributed by atoms with Crippen molar-refractivity contribution >= 4 is 17.6 Å². The average Bonchev–Trinajstić information content (AvgIpc) is 2.47. The van der Waals surface area contributed by atoms with E-state index in [1.807, 2.05) is 0 Å². The lowest BCUT2D eigenvalue weighted by Gasteiger charge is -2.26. The van der Waals surface area contributed by atoms with Gasteiger partial charge in [-0.15, -0.1) is 0 Å². The molecule has 1 heterocycles. The SMILES string of the molecule is Nc1ccc(F)cc1C(=O)OCC(=O)N1CCCCC1. The number of halogens is 1. The van der Waals surface area contributed by atoms with Crippen LogP contribution in [0.5, 0.6) is 0 Å². The topological polar surface area (TPSA) is 72.6 Å². The van der Waals surface area contributed by atoms with E-state index in [0.29, 0.717) is 13.1 Å². The van der Waals surface area contributed by atoms with Crippen LogP contribution < -0.4 is 5.73 Å². The van der Waals surface area contributed by atoms with Crippen LogP contribution in [0, 0.1) is 5.82 Å². The summed E-state index contributed by atoms with van der Waals surface area (Å²) in [5.41, 5.74) is 5.64. The van der Waals surface area contributed by atoms with Gasteiger partial charge in [0.2, 0.25) is 0 Å². The molecule has 0 unspecified atom stereocenters. The van der Waals surface area contributed by atoms with E-state index in [1.165, 1.54) is 6.07 Å². The van der Waals surface area contributed by atoms with E-state index in [1.54, 1.807) is 4.90 Å². The Kier molecular flexibility index (Phi) is 4.55. The number of carbonyl (C=O) groups excluding carboxylic acids is 2. The molecule has 1 amide bonds. The Labute approximate surface area is 116 Å². The summed E-state index contributed by atoms with van der Waals surface area (Å²) < 4.78 is 18.0. The lowest BCUT2D eigenvalue weighted by molar-refractivity contribution is -0.135. The molecule has 1 fully saturated rings. The number of esters is 1. The zero-order valence-electron chi connectivity index (χ0n) is 11.1. The molecular weight excluding hydrogens is 263 g/mol. The molecule has 20 heavy (non-hydrogen) atoms. The molecule has 0 radical (unpaired) electrons. The van der Waals surface area contributed by atoms with Gasteiger partial charge in [-0.1, -0.05) is 0 Å². The summed E-state index contributed by atoms with van der Waals surface area (Å²) in [6.45, 7) is 1.05. The maximum Gasteiger partial charge on any atom is 0.340 e. The van der Waals surface area contributed by atoms with Crippen LogP contribution in [0.2, 0.25) is 0 Å². The molecule has 1 aliphatic rings. The monoisotopic (exact) mass is 280 g/mol. The van der Waals surface area contributed by atoms with E-state index in [0.717, 1.165) is 31.4 Å². The van der Waals surface area contributed by atoms with Gasteiger partial charge in [0.1, 0.15) is 5.82 Å². The lowest BCUT2D eigenvalue weighted by Crippen LogP contribution is -2.38. The van der Waals surface area contributed by atoms with Crippen LogP contribution in [0.1, 0.15) is 29.6 Å². The molecule has 0 saturated carbocycles. The quantitative estimate of drug-likeness (QED) is 0.674. The molecule has 0 aromatic heterocycles. The van der Waals surface area contributed by atoms with Crippen molar-refractivity contribution in [2.75, 3.05) is 25.4 Å². The number of likely N-dealkylation sites (tertiary alicyclic amines) is 1. The fourth-order valence-electron chi connectivity index (χ4n) is 2.14. The number of ether oxygens (including phenoxy) is 1. The van der Waals surface area contributed by atoms with Gasteiger partial charge in [-0.25, -0.2) is 9.18 Å². The van der Waals surface area contributed by atoms with Crippen molar-refractivity contribution < 1.29 is 18.7 Å². The highest BCUT2D eigenvalue weighted by Crippen LogP contribution is 2.15. The van der Waals surface area contributed by atoms with Gasteiger partial charge in [0.05, 0.1) is 5.56 Å². The summed E-state index contributed by atoms with van der Waals surface area (Å²) in [5, 5.41) is 0. The summed E-state index contributed by atoms with van der Waals surface area (Å²) in [5.74, 6) is -1.59. The van der Waals surface area contributed by atoms with E-state index < -0.39 is 11.8 Å². The summed E-state index contributed by atoms with van der Waals surface area (Å²) in [7, 11) is 0. The van der Waals surface area contributed by atoms with Crippen LogP contribution in [-0.4, -0.2) is 36.5 Å².